The number of nitrogens with zero attached hydrogens (tertiary/aromatic N) is 1. The first-order valence-electron chi connectivity index (χ1n) is 8.78. The van der Waals surface area contributed by atoms with Gasteiger partial charge in [0.05, 0.1) is 0 Å². The third kappa shape index (κ3) is 3.42. The fourth-order valence-electron chi connectivity index (χ4n) is 3.13. The Hall–Kier alpha value is -2.84. The number of aryl methyl sites for hydroxylation is 2. The van der Waals surface area contributed by atoms with E-state index in [2.05, 4.69) is 109 Å². The molecule has 1 aromatic heterocycles. The topological polar surface area (TPSA) is 3.24 Å². The molecular weight excluding hydrogens is 334 g/mol. The van der Waals surface area contributed by atoms with E-state index < -0.39 is 0 Å². The van der Waals surface area contributed by atoms with Gasteiger partial charge in [0.15, 0.2) is 0 Å². The molecule has 0 saturated carbocycles. The van der Waals surface area contributed by atoms with E-state index >= 15 is 0 Å². The van der Waals surface area contributed by atoms with Crippen molar-refractivity contribution in [2.75, 3.05) is 4.90 Å². The predicted molar refractivity (Wildman–Crippen MR) is 114 cm³/mol. The Morgan fingerprint density at radius 1 is 0.615 bits per heavy atom. The Labute approximate surface area is 159 Å². The van der Waals surface area contributed by atoms with Gasteiger partial charge in [0, 0.05) is 21.9 Å². The molecular formula is C24H21NS. The zero-order valence-electron chi connectivity index (χ0n) is 15.0. The highest BCUT2D eigenvalue weighted by Crippen LogP contribution is 2.36. The van der Waals surface area contributed by atoms with Crippen molar-refractivity contribution in [2.45, 2.75) is 13.8 Å². The molecule has 1 nitrogen and oxygen atoms in total. The fraction of sp³-hybridized carbons (Fsp3) is 0.0833. The molecule has 4 rings (SSSR count). The molecule has 0 amide bonds. The summed E-state index contributed by atoms with van der Waals surface area (Å²) in [6, 6.07) is 30.4. The molecule has 0 aliphatic rings. The monoisotopic (exact) mass is 355 g/mol. The van der Waals surface area contributed by atoms with Gasteiger partial charge in [-0.25, -0.2) is 0 Å². The third-order valence-corrected chi connectivity index (χ3v) is 5.40. The van der Waals surface area contributed by atoms with Gasteiger partial charge >= 0.3 is 0 Å². The predicted octanol–water partition coefficient (Wildman–Crippen LogP) is 7.50. The molecule has 4 aromatic rings. The summed E-state index contributed by atoms with van der Waals surface area (Å²) in [4.78, 5) is 3.61. The van der Waals surface area contributed by atoms with Gasteiger partial charge in [-0.15, -0.1) is 11.3 Å². The summed E-state index contributed by atoms with van der Waals surface area (Å²) in [6.07, 6.45) is 0. The maximum Gasteiger partial charge on any atom is 0.0464 e. The van der Waals surface area contributed by atoms with Crippen molar-refractivity contribution in [3.8, 4) is 10.4 Å². The van der Waals surface area contributed by atoms with E-state index in [-0.39, 0.29) is 0 Å². The molecule has 1 heterocycles. The minimum absolute atomic E-state index is 1.17. The summed E-state index contributed by atoms with van der Waals surface area (Å²) < 4.78 is 0. The zero-order valence-corrected chi connectivity index (χ0v) is 15.8. The van der Waals surface area contributed by atoms with Gasteiger partial charge in [-0.05, 0) is 72.8 Å². The Balaban J connectivity index is 1.78. The van der Waals surface area contributed by atoms with Gasteiger partial charge in [-0.1, -0.05) is 48.0 Å². The van der Waals surface area contributed by atoms with Crippen molar-refractivity contribution >= 4 is 28.4 Å². The fourth-order valence-corrected chi connectivity index (χ4v) is 3.86. The van der Waals surface area contributed by atoms with Crippen molar-refractivity contribution < 1.29 is 0 Å². The van der Waals surface area contributed by atoms with Gasteiger partial charge in [0.25, 0.3) is 0 Å². The first kappa shape index (κ1) is 16.6. The van der Waals surface area contributed by atoms with Crippen molar-refractivity contribution in [3.63, 3.8) is 0 Å². The van der Waals surface area contributed by atoms with Crippen LogP contribution in [0.3, 0.4) is 0 Å². The highest BCUT2D eigenvalue weighted by molar-refractivity contribution is 7.13. The summed E-state index contributed by atoms with van der Waals surface area (Å²) in [6.45, 7) is 4.26. The second-order valence-corrected chi connectivity index (χ2v) is 7.48. The van der Waals surface area contributed by atoms with Gasteiger partial charge in [0.1, 0.15) is 0 Å². The lowest BCUT2D eigenvalue weighted by molar-refractivity contribution is 1.26. The number of hydrogen-bond acceptors (Lipinski definition) is 2. The van der Waals surface area contributed by atoms with Gasteiger partial charge in [0.2, 0.25) is 0 Å². The van der Waals surface area contributed by atoms with Crippen LogP contribution < -0.4 is 4.90 Å². The summed E-state index contributed by atoms with van der Waals surface area (Å²) in [5.74, 6) is 0. The van der Waals surface area contributed by atoms with E-state index in [0.717, 1.165) is 0 Å². The molecule has 0 atom stereocenters. The highest BCUT2D eigenvalue weighted by Gasteiger charge is 2.12. The van der Waals surface area contributed by atoms with Crippen LogP contribution in [0, 0.1) is 13.8 Å². The van der Waals surface area contributed by atoms with E-state index in [0.29, 0.717) is 0 Å². The molecule has 2 heteroatoms. The molecule has 0 aliphatic heterocycles. The van der Waals surface area contributed by atoms with Crippen LogP contribution in [0.1, 0.15) is 11.1 Å². The molecule has 0 bridgehead atoms. The average Bonchev–Trinajstić information content (AvgIpc) is 3.19. The Bertz CT molecular complexity index is 983. The highest BCUT2D eigenvalue weighted by atomic mass is 32.1. The van der Waals surface area contributed by atoms with E-state index in [9.17, 15) is 0 Å². The summed E-state index contributed by atoms with van der Waals surface area (Å²) in [7, 11) is 0. The number of benzene rings is 3. The Morgan fingerprint density at radius 3 is 1.92 bits per heavy atom. The SMILES string of the molecule is Cc1ccc(N(c2ccc(-c3cccs3)cc2)c2cccc(C)c2)cc1. The lowest BCUT2D eigenvalue weighted by atomic mass is 10.1. The van der Waals surface area contributed by atoms with E-state index in [1.54, 1.807) is 11.3 Å². The van der Waals surface area contributed by atoms with Crippen LogP contribution in [0.2, 0.25) is 0 Å². The molecule has 0 unspecified atom stereocenters. The summed E-state index contributed by atoms with van der Waals surface area (Å²) in [5.41, 5.74) is 7.31. The minimum Gasteiger partial charge on any atom is -0.310 e. The van der Waals surface area contributed by atoms with E-state index in [1.807, 2.05) is 0 Å². The second kappa shape index (κ2) is 7.19. The molecule has 128 valence electrons. The lowest BCUT2D eigenvalue weighted by Crippen LogP contribution is -2.10. The first-order chi connectivity index (χ1) is 12.7. The minimum atomic E-state index is 1.17. The number of thiophene rings is 1. The number of anilines is 3. The van der Waals surface area contributed by atoms with Gasteiger partial charge in [-0.2, -0.15) is 0 Å². The van der Waals surface area contributed by atoms with E-state index in [1.165, 1.54) is 38.6 Å². The normalized spacial score (nSPS) is 10.7. The number of hydrogen-bond donors (Lipinski definition) is 0. The average molecular weight is 356 g/mol. The van der Waals surface area contributed by atoms with E-state index in [4.69, 9.17) is 0 Å². The van der Waals surface area contributed by atoms with Crippen LogP contribution in [0.4, 0.5) is 17.1 Å². The first-order valence-corrected chi connectivity index (χ1v) is 9.66. The molecule has 0 saturated heterocycles. The molecule has 3 aromatic carbocycles. The van der Waals surface area contributed by atoms with Crippen LogP contribution in [0.25, 0.3) is 10.4 Å². The smallest absolute Gasteiger partial charge is 0.0464 e. The Kier molecular flexibility index (Phi) is 4.59. The van der Waals surface area contributed by atoms with Gasteiger partial charge in [-0.3, -0.25) is 0 Å². The van der Waals surface area contributed by atoms with Crippen molar-refractivity contribution in [3.05, 3.63) is 101 Å². The quantitative estimate of drug-likeness (QED) is 0.366. The molecule has 0 N–H and O–H groups in total. The molecule has 0 spiro atoms. The van der Waals surface area contributed by atoms with Gasteiger partial charge < -0.3 is 4.90 Å². The van der Waals surface area contributed by atoms with Crippen LogP contribution in [-0.4, -0.2) is 0 Å². The maximum absolute atomic E-state index is 2.31. The standard InChI is InChI=1S/C24H21NS/c1-18-8-12-21(13-9-18)25(23-6-3-5-19(2)17-23)22-14-10-20(11-15-22)24-7-4-16-26-24/h3-17H,1-2H3. The van der Waals surface area contributed by atoms with Crippen molar-refractivity contribution in [1.29, 1.82) is 0 Å². The Morgan fingerprint density at radius 2 is 1.31 bits per heavy atom. The van der Waals surface area contributed by atoms with Crippen LogP contribution in [-0.2, 0) is 0 Å². The summed E-state index contributed by atoms with van der Waals surface area (Å²) >= 11 is 1.77. The molecule has 0 radical (unpaired) electrons. The lowest BCUT2D eigenvalue weighted by Gasteiger charge is -2.26. The molecule has 0 fully saturated rings. The van der Waals surface area contributed by atoms with Crippen molar-refractivity contribution in [1.82, 2.24) is 0 Å². The van der Waals surface area contributed by atoms with Crippen LogP contribution in [0.5, 0.6) is 0 Å². The number of rotatable bonds is 4. The van der Waals surface area contributed by atoms with Crippen LogP contribution >= 0.6 is 11.3 Å². The van der Waals surface area contributed by atoms with Crippen molar-refractivity contribution in [2.24, 2.45) is 0 Å². The second-order valence-electron chi connectivity index (χ2n) is 6.53. The summed E-state index contributed by atoms with van der Waals surface area (Å²) in [5, 5.41) is 2.12. The maximum atomic E-state index is 2.31. The van der Waals surface area contributed by atoms with Crippen LogP contribution in [0.15, 0.2) is 90.3 Å². The zero-order chi connectivity index (χ0) is 17.9. The molecule has 26 heavy (non-hydrogen) atoms. The largest absolute Gasteiger partial charge is 0.310 e. The third-order valence-electron chi connectivity index (χ3n) is 4.48. The molecule has 0 aliphatic carbocycles.